The van der Waals surface area contributed by atoms with Gasteiger partial charge < -0.3 is 14.8 Å². The second-order valence-corrected chi connectivity index (χ2v) is 5.47. The van der Waals surface area contributed by atoms with Crippen LogP contribution in [0.25, 0.3) is 0 Å². The molecule has 0 bridgehead atoms. The molecule has 0 aliphatic carbocycles. The maximum absolute atomic E-state index is 12.0. The van der Waals surface area contributed by atoms with Crippen LogP contribution in [0.1, 0.15) is 11.1 Å². The Hall–Kier alpha value is -2.76. The van der Waals surface area contributed by atoms with Crippen molar-refractivity contribution >= 4 is 25.4 Å². The maximum Gasteiger partial charge on any atom is 0.408 e. The van der Waals surface area contributed by atoms with Crippen molar-refractivity contribution in [3.05, 3.63) is 65.7 Å². The molecule has 124 valence electrons. The van der Waals surface area contributed by atoms with E-state index in [1.807, 2.05) is 62.4 Å². The van der Waals surface area contributed by atoms with Crippen LogP contribution in [-0.2, 0) is 27.3 Å². The molecule has 2 aromatic carbocycles. The van der Waals surface area contributed by atoms with Gasteiger partial charge in [0.1, 0.15) is 20.5 Å². The summed E-state index contributed by atoms with van der Waals surface area (Å²) in [6, 6.07) is 16.3. The second kappa shape index (κ2) is 8.77. The van der Waals surface area contributed by atoms with E-state index in [2.05, 4.69) is 5.32 Å². The van der Waals surface area contributed by atoms with Gasteiger partial charge in [0.2, 0.25) is 0 Å². The Bertz CT molecular complexity index is 690. The van der Waals surface area contributed by atoms with E-state index in [1.165, 1.54) is 7.11 Å². The zero-order chi connectivity index (χ0) is 17.4. The Balaban J connectivity index is 1.95. The minimum atomic E-state index is -0.792. The molecule has 0 radical (unpaired) electrons. The highest BCUT2D eigenvalue weighted by Gasteiger charge is 2.22. The average Bonchev–Trinajstić information content (AvgIpc) is 2.59. The van der Waals surface area contributed by atoms with Crippen molar-refractivity contribution in [2.45, 2.75) is 19.1 Å². The highest BCUT2D eigenvalue weighted by atomic mass is 16.6. The van der Waals surface area contributed by atoms with Gasteiger partial charge in [-0.1, -0.05) is 60.1 Å². The fourth-order valence-corrected chi connectivity index (χ4v) is 2.32. The Morgan fingerprint density at radius 3 is 2.46 bits per heavy atom. The molecule has 5 nitrogen and oxygen atoms in total. The summed E-state index contributed by atoms with van der Waals surface area (Å²) in [5.74, 6) is -0.506. The molecule has 0 aliphatic rings. The van der Waals surface area contributed by atoms with Gasteiger partial charge in [0, 0.05) is 6.42 Å². The lowest BCUT2D eigenvalue weighted by Crippen LogP contribution is -2.43. The van der Waals surface area contributed by atoms with Crippen LogP contribution in [-0.4, -0.2) is 33.1 Å². The maximum atomic E-state index is 12.0. The van der Waals surface area contributed by atoms with Crippen LogP contribution in [0.4, 0.5) is 4.79 Å². The summed E-state index contributed by atoms with van der Waals surface area (Å²) in [6.45, 7) is 0.144. The molecular formula is C18H20BNO4. The quantitative estimate of drug-likeness (QED) is 0.635. The molecule has 2 aromatic rings. The first-order valence-electron chi connectivity index (χ1n) is 7.69. The number of carbonyl (C=O) groups is 2. The van der Waals surface area contributed by atoms with Crippen LogP contribution in [0, 0.1) is 0 Å². The fraction of sp³-hybridized carbons (Fsp3) is 0.222. The number of hydrogen-bond acceptors (Lipinski definition) is 4. The van der Waals surface area contributed by atoms with E-state index in [0.29, 0.717) is 6.42 Å². The summed E-state index contributed by atoms with van der Waals surface area (Å²) in [6.07, 6.45) is -0.309. The molecule has 0 unspecified atom stereocenters. The first-order valence-corrected chi connectivity index (χ1v) is 7.69. The van der Waals surface area contributed by atoms with Gasteiger partial charge in [-0.15, -0.1) is 0 Å². The third-order valence-corrected chi connectivity index (χ3v) is 3.51. The van der Waals surface area contributed by atoms with E-state index in [4.69, 9.17) is 9.47 Å². The molecular weight excluding hydrogens is 305 g/mol. The van der Waals surface area contributed by atoms with Crippen molar-refractivity contribution in [1.29, 1.82) is 0 Å². The van der Waals surface area contributed by atoms with Crippen molar-refractivity contribution in [2.24, 2.45) is 0 Å². The van der Waals surface area contributed by atoms with Gasteiger partial charge in [-0.3, -0.25) is 0 Å². The molecule has 2 rings (SSSR count). The van der Waals surface area contributed by atoms with Gasteiger partial charge in [0.05, 0.1) is 7.11 Å². The van der Waals surface area contributed by atoms with E-state index >= 15 is 0 Å². The summed E-state index contributed by atoms with van der Waals surface area (Å²) < 4.78 is 9.93. The lowest BCUT2D eigenvalue weighted by Gasteiger charge is -2.17. The summed E-state index contributed by atoms with van der Waals surface area (Å²) in [7, 11) is 3.26. The number of nitrogens with one attached hydrogen (secondary N) is 1. The molecule has 0 aliphatic heterocycles. The van der Waals surface area contributed by atoms with Crippen molar-refractivity contribution < 1.29 is 19.1 Å². The average molecular weight is 325 g/mol. The molecule has 1 amide bonds. The van der Waals surface area contributed by atoms with E-state index in [9.17, 15) is 9.59 Å². The predicted octanol–water partition coefficient (Wildman–Crippen LogP) is 0.956. The smallest absolute Gasteiger partial charge is 0.408 e. The van der Waals surface area contributed by atoms with E-state index < -0.39 is 18.1 Å². The van der Waals surface area contributed by atoms with Gasteiger partial charge in [-0.2, -0.15) is 0 Å². The van der Waals surface area contributed by atoms with Crippen LogP contribution in [0.15, 0.2) is 54.6 Å². The zero-order valence-corrected chi connectivity index (χ0v) is 13.8. The van der Waals surface area contributed by atoms with Crippen LogP contribution < -0.4 is 10.8 Å². The molecule has 0 saturated carbocycles. The third-order valence-electron chi connectivity index (χ3n) is 3.51. The van der Waals surface area contributed by atoms with Gasteiger partial charge >= 0.3 is 12.1 Å². The number of hydrogen-bond donors (Lipinski definition) is 1. The largest absolute Gasteiger partial charge is 0.467 e. The topological polar surface area (TPSA) is 64.6 Å². The Morgan fingerprint density at radius 1 is 1.08 bits per heavy atom. The summed E-state index contributed by atoms with van der Waals surface area (Å²) in [5, 5.41) is 2.57. The first-order chi connectivity index (χ1) is 11.6. The molecule has 0 aromatic heterocycles. The summed E-state index contributed by atoms with van der Waals surface area (Å²) in [4.78, 5) is 23.9. The van der Waals surface area contributed by atoms with Crippen molar-refractivity contribution in [2.75, 3.05) is 7.11 Å². The molecule has 0 spiro atoms. The monoisotopic (exact) mass is 325 g/mol. The number of ether oxygens (including phenoxy) is 2. The number of rotatable bonds is 6. The standard InChI is InChI=1S/C18H20BNO4/c1-23-17(21)16(11-14-8-5-9-15(19)10-14)20-18(22)24-12-13-6-3-2-4-7-13/h2-10,16H,11-12,19H2,1H3,(H,20,22)/t16-/m0/s1. The van der Waals surface area contributed by atoms with Crippen LogP contribution >= 0.6 is 0 Å². The van der Waals surface area contributed by atoms with E-state index in [1.54, 1.807) is 0 Å². The summed E-state index contributed by atoms with van der Waals surface area (Å²) in [5.41, 5.74) is 2.90. The molecule has 1 atom stereocenters. The Labute approximate surface area is 142 Å². The molecule has 0 fully saturated rings. The number of alkyl carbamates (subject to hydrolysis) is 1. The van der Waals surface area contributed by atoms with Gasteiger partial charge in [-0.05, 0) is 11.1 Å². The minimum Gasteiger partial charge on any atom is -0.467 e. The van der Waals surface area contributed by atoms with Gasteiger partial charge in [0.25, 0.3) is 0 Å². The molecule has 0 saturated heterocycles. The lowest BCUT2D eigenvalue weighted by molar-refractivity contribution is -0.143. The predicted molar refractivity (Wildman–Crippen MR) is 93.9 cm³/mol. The Morgan fingerprint density at radius 2 is 1.79 bits per heavy atom. The van der Waals surface area contributed by atoms with Crippen molar-refractivity contribution in [3.63, 3.8) is 0 Å². The fourth-order valence-electron chi connectivity index (χ4n) is 2.32. The number of esters is 1. The normalized spacial score (nSPS) is 11.4. The number of amides is 1. The molecule has 6 heteroatoms. The first kappa shape index (κ1) is 17.6. The third kappa shape index (κ3) is 5.46. The van der Waals surface area contributed by atoms with Crippen LogP contribution in [0.2, 0.25) is 0 Å². The number of methoxy groups -OCH3 is 1. The SMILES string of the molecule is Bc1cccc(C[C@H](NC(=O)OCc2ccccc2)C(=O)OC)c1. The summed E-state index contributed by atoms with van der Waals surface area (Å²) >= 11 is 0. The molecule has 0 heterocycles. The van der Waals surface area contributed by atoms with E-state index in [-0.39, 0.29) is 6.61 Å². The molecule has 24 heavy (non-hydrogen) atoms. The van der Waals surface area contributed by atoms with Crippen LogP contribution in [0.5, 0.6) is 0 Å². The zero-order valence-electron chi connectivity index (χ0n) is 13.8. The highest BCUT2D eigenvalue weighted by molar-refractivity contribution is 6.32. The Kier molecular flexibility index (Phi) is 6.43. The van der Waals surface area contributed by atoms with Crippen molar-refractivity contribution in [3.8, 4) is 0 Å². The van der Waals surface area contributed by atoms with E-state index in [0.717, 1.165) is 16.6 Å². The minimum absolute atomic E-state index is 0.144. The number of benzene rings is 2. The van der Waals surface area contributed by atoms with Crippen LogP contribution in [0.3, 0.4) is 0 Å². The lowest BCUT2D eigenvalue weighted by atomic mass is 9.93. The van der Waals surface area contributed by atoms with Gasteiger partial charge in [0.15, 0.2) is 0 Å². The number of carbonyl (C=O) groups excluding carboxylic acids is 2. The second-order valence-electron chi connectivity index (χ2n) is 5.47. The highest BCUT2D eigenvalue weighted by Crippen LogP contribution is 2.05. The van der Waals surface area contributed by atoms with Gasteiger partial charge in [-0.25, -0.2) is 9.59 Å². The molecule has 1 N–H and O–H groups in total. The van der Waals surface area contributed by atoms with Crippen molar-refractivity contribution in [1.82, 2.24) is 5.32 Å².